The van der Waals surface area contributed by atoms with Crippen LogP contribution in [0.1, 0.15) is 31.7 Å². The molecule has 0 saturated heterocycles. The van der Waals surface area contributed by atoms with Gasteiger partial charge in [0, 0.05) is 6.61 Å². The molecule has 0 unspecified atom stereocenters. The molecule has 0 amide bonds. The molecular formula is C16H24OSi. The molecule has 1 nitrogen and oxygen atoms in total. The van der Waals surface area contributed by atoms with Crippen LogP contribution >= 0.6 is 0 Å². The number of hydrogen-bond donors (Lipinski definition) is 0. The van der Waals surface area contributed by atoms with E-state index in [-0.39, 0.29) is 0 Å². The normalized spacial score (nSPS) is 16.4. The van der Waals surface area contributed by atoms with Gasteiger partial charge in [0.1, 0.15) is 0 Å². The van der Waals surface area contributed by atoms with Crippen molar-refractivity contribution in [2.24, 2.45) is 5.92 Å². The van der Waals surface area contributed by atoms with Crippen LogP contribution in [0.5, 0.6) is 0 Å². The zero-order valence-electron chi connectivity index (χ0n) is 11.8. The maximum absolute atomic E-state index is 5.91. The molecule has 98 valence electrons. The topological polar surface area (TPSA) is 9.23 Å². The third-order valence-electron chi connectivity index (χ3n) is 4.05. The Balaban J connectivity index is 2.11. The van der Waals surface area contributed by atoms with Crippen molar-refractivity contribution < 1.29 is 4.43 Å². The molecule has 0 spiro atoms. The van der Waals surface area contributed by atoms with Gasteiger partial charge >= 0.3 is 0 Å². The quantitative estimate of drug-likeness (QED) is 0.728. The van der Waals surface area contributed by atoms with Crippen molar-refractivity contribution in [3.8, 4) is 0 Å². The second-order valence-corrected chi connectivity index (χ2v) is 9.56. The van der Waals surface area contributed by atoms with Crippen LogP contribution < -0.4 is 5.19 Å². The molecule has 0 aliphatic heterocycles. The zero-order chi connectivity index (χ0) is 13.2. The highest BCUT2D eigenvalue weighted by molar-refractivity contribution is 6.84. The van der Waals surface area contributed by atoms with Crippen LogP contribution in [-0.2, 0) is 4.43 Å². The van der Waals surface area contributed by atoms with Gasteiger partial charge in [-0.25, -0.2) is 0 Å². The van der Waals surface area contributed by atoms with E-state index < -0.39 is 8.32 Å². The first-order chi connectivity index (χ1) is 8.54. The predicted octanol–water partition coefficient (Wildman–Crippen LogP) is 3.95. The molecule has 1 aliphatic carbocycles. The van der Waals surface area contributed by atoms with Crippen molar-refractivity contribution in [1.29, 1.82) is 0 Å². The second kappa shape index (κ2) is 5.41. The number of allylic oxidation sites excluding steroid dienone is 1. The molecule has 18 heavy (non-hydrogen) atoms. The maximum atomic E-state index is 5.91. The van der Waals surface area contributed by atoms with E-state index >= 15 is 0 Å². The van der Waals surface area contributed by atoms with E-state index in [0.29, 0.717) is 0 Å². The van der Waals surface area contributed by atoms with E-state index in [4.69, 9.17) is 4.43 Å². The van der Waals surface area contributed by atoms with E-state index in [2.05, 4.69) is 50.9 Å². The van der Waals surface area contributed by atoms with Crippen LogP contribution in [-0.4, -0.2) is 14.9 Å². The fourth-order valence-corrected chi connectivity index (χ4v) is 4.38. The number of hydrogen-bond acceptors (Lipinski definition) is 1. The molecule has 0 atom stereocenters. The summed E-state index contributed by atoms with van der Waals surface area (Å²) in [5.74, 6) is 0.730. The van der Waals surface area contributed by atoms with E-state index in [9.17, 15) is 0 Å². The number of rotatable bonds is 5. The number of benzene rings is 1. The van der Waals surface area contributed by atoms with Gasteiger partial charge in [0.05, 0.1) is 0 Å². The molecule has 2 heteroatoms. The average Bonchev–Trinajstić information content (AvgIpc) is 2.27. The first-order valence-corrected chi connectivity index (χ1v) is 9.89. The summed E-state index contributed by atoms with van der Waals surface area (Å²) in [6, 6.07) is 8.93. The van der Waals surface area contributed by atoms with Gasteiger partial charge in [-0.15, -0.1) is 0 Å². The van der Waals surface area contributed by atoms with Crippen molar-refractivity contribution in [2.45, 2.75) is 39.3 Å². The fraction of sp³-hybridized carbons (Fsp3) is 0.500. The van der Waals surface area contributed by atoms with Crippen molar-refractivity contribution in [2.75, 3.05) is 6.61 Å². The lowest BCUT2D eigenvalue weighted by Gasteiger charge is -2.28. The Hall–Kier alpha value is -0.863. The monoisotopic (exact) mass is 260 g/mol. The Morgan fingerprint density at radius 1 is 1.28 bits per heavy atom. The van der Waals surface area contributed by atoms with Crippen LogP contribution in [0.4, 0.5) is 0 Å². The van der Waals surface area contributed by atoms with Gasteiger partial charge in [0.25, 0.3) is 0 Å². The van der Waals surface area contributed by atoms with Crippen LogP contribution in [0, 0.1) is 5.92 Å². The minimum Gasteiger partial charge on any atom is -0.413 e. The molecule has 1 saturated carbocycles. The van der Waals surface area contributed by atoms with E-state index in [1.54, 1.807) is 0 Å². The lowest BCUT2D eigenvalue weighted by atomic mass is 9.78. The minimum absolute atomic E-state index is 0.730. The minimum atomic E-state index is -1.69. The smallest absolute Gasteiger partial charge is 0.218 e. The summed E-state index contributed by atoms with van der Waals surface area (Å²) >= 11 is 0. The van der Waals surface area contributed by atoms with Crippen molar-refractivity contribution in [3.63, 3.8) is 0 Å². The molecule has 0 bridgehead atoms. The van der Waals surface area contributed by atoms with Crippen LogP contribution in [0.3, 0.4) is 0 Å². The molecule has 1 fully saturated rings. The van der Waals surface area contributed by atoms with Crippen LogP contribution in [0.15, 0.2) is 30.8 Å². The highest BCUT2D eigenvalue weighted by Gasteiger charge is 2.25. The Labute approximate surface area is 112 Å². The Morgan fingerprint density at radius 3 is 2.33 bits per heavy atom. The van der Waals surface area contributed by atoms with Gasteiger partial charge in [0.2, 0.25) is 8.32 Å². The van der Waals surface area contributed by atoms with Gasteiger partial charge in [-0.3, -0.25) is 0 Å². The van der Waals surface area contributed by atoms with Gasteiger partial charge in [-0.1, -0.05) is 37.3 Å². The summed E-state index contributed by atoms with van der Waals surface area (Å²) in [6.45, 7) is 11.6. The molecule has 1 aromatic carbocycles. The van der Waals surface area contributed by atoms with Gasteiger partial charge in [-0.2, -0.15) is 0 Å². The summed E-state index contributed by atoms with van der Waals surface area (Å²) in [6.07, 6.45) is 4.01. The first-order valence-electron chi connectivity index (χ1n) is 6.98. The second-order valence-electron chi connectivity index (χ2n) is 5.67. The SMILES string of the molecule is C=C(c1ccc([Si](C)(C)OCC)cc1)C1CCC1. The standard InChI is InChI=1S/C16H24OSi/c1-5-17-18(3,4)16-11-9-15(10-12-16)13(2)14-7-6-8-14/h9-12,14H,2,5-8H2,1,3-4H3. The fourth-order valence-electron chi connectivity index (χ4n) is 2.52. The highest BCUT2D eigenvalue weighted by atomic mass is 28.4. The van der Waals surface area contributed by atoms with Crippen LogP contribution in [0.25, 0.3) is 5.57 Å². The van der Waals surface area contributed by atoms with Gasteiger partial charge < -0.3 is 4.43 Å². The molecule has 1 aliphatic rings. The summed E-state index contributed by atoms with van der Waals surface area (Å²) in [4.78, 5) is 0. The lowest BCUT2D eigenvalue weighted by Crippen LogP contribution is -2.44. The Kier molecular flexibility index (Phi) is 4.08. The molecule has 0 radical (unpaired) electrons. The Morgan fingerprint density at radius 2 is 1.89 bits per heavy atom. The molecule has 2 rings (SSSR count). The summed E-state index contributed by atoms with van der Waals surface area (Å²) in [5, 5.41) is 1.37. The Bertz CT molecular complexity index is 415. The molecule has 0 N–H and O–H groups in total. The zero-order valence-corrected chi connectivity index (χ0v) is 12.8. The van der Waals surface area contributed by atoms with Gasteiger partial charge in [0.15, 0.2) is 0 Å². The lowest BCUT2D eigenvalue weighted by molar-refractivity contribution is 0.339. The third-order valence-corrected chi connectivity index (χ3v) is 6.79. The average molecular weight is 260 g/mol. The third kappa shape index (κ3) is 2.75. The molecule has 0 aromatic heterocycles. The predicted molar refractivity (Wildman–Crippen MR) is 81.6 cm³/mol. The first kappa shape index (κ1) is 13.6. The summed E-state index contributed by atoms with van der Waals surface area (Å²) in [5.41, 5.74) is 2.63. The van der Waals surface area contributed by atoms with Gasteiger partial charge in [-0.05, 0) is 55.1 Å². The highest BCUT2D eigenvalue weighted by Crippen LogP contribution is 2.37. The van der Waals surface area contributed by atoms with Crippen molar-refractivity contribution in [3.05, 3.63) is 36.4 Å². The molecular weight excluding hydrogens is 236 g/mol. The molecule has 1 aromatic rings. The summed E-state index contributed by atoms with van der Waals surface area (Å²) in [7, 11) is -1.69. The van der Waals surface area contributed by atoms with E-state index in [1.807, 2.05) is 0 Å². The maximum Gasteiger partial charge on any atom is 0.218 e. The molecule has 0 heterocycles. The van der Waals surface area contributed by atoms with Crippen LogP contribution in [0.2, 0.25) is 13.1 Å². The van der Waals surface area contributed by atoms with Crippen molar-refractivity contribution >= 4 is 19.1 Å². The largest absolute Gasteiger partial charge is 0.413 e. The summed E-state index contributed by atoms with van der Waals surface area (Å²) < 4.78 is 5.91. The van der Waals surface area contributed by atoms with Crippen molar-refractivity contribution in [1.82, 2.24) is 0 Å². The van der Waals surface area contributed by atoms with E-state index in [0.717, 1.165) is 12.5 Å². The van der Waals surface area contributed by atoms with E-state index in [1.165, 1.54) is 35.6 Å².